The van der Waals surface area contributed by atoms with Gasteiger partial charge in [-0.15, -0.1) is 0 Å². The quantitative estimate of drug-likeness (QED) is 0.302. The summed E-state index contributed by atoms with van der Waals surface area (Å²) < 4.78 is 85.6. The highest BCUT2D eigenvalue weighted by Crippen LogP contribution is 2.48. The number of benzene rings is 1. The Kier molecular flexibility index (Phi) is 12.1. The fraction of sp³-hybridized carbons (Fsp3) is 0.650. The van der Waals surface area contributed by atoms with Crippen LogP contribution in [0, 0.1) is 17.8 Å². The number of allylic oxidation sites excluding steroid dienone is 1. The Morgan fingerprint density at radius 2 is 1.78 bits per heavy atom. The van der Waals surface area contributed by atoms with Crippen LogP contribution < -0.4 is 29.7 Å². The second kappa shape index (κ2) is 16.2. The van der Waals surface area contributed by atoms with Gasteiger partial charge >= 0.3 is 12.3 Å². The average molecular weight is 866 g/mol. The normalized spacial score (nSPS) is 28.8. The molecule has 1 aromatic heterocycles. The van der Waals surface area contributed by atoms with Gasteiger partial charge in [0.2, 0.25) is 39.3 Å². The molecule has 1 saturated heterocycles. The Hall–Kier alpha value is -4.88. The number of rotatable bonds is 9. The number of nitrogens with one attached hydrogen (secondary N) is 3. The molecular formula is C40H54F3N7O9S. The van der Waals surface area contributed by atoms with Gasteiger partial charge in [-0.3, -0.25) is 19.1 Å². The smallest absolute Gasteiger partial charge is 0.427 e. The molecule has 4 amide bonds. The molecule has 0 bridgehead atoms. The van der Waals surface area contributed by atoms with Crippen LogP contribution in [0.25, 0.3) is 10.9 Å². The summed E-state index contributed by atoms with van der Waals surface area (Å²) in [5, 5.41) is 5.68. The first-order valence-electron chi connectivity index (χ1n) is 20.0. The maximum absolute atomic E-state index is 14.8. The number of carbonyl (C=O) groups excluding carboxylic acids is 4. The van der Waals surface area contributed by atoms with Crippen molar-refractivity contribution >= 4 is 50.7 Å². The van der Waals surface area contributed by atoms with Gasteiger partial charge in [0, 0.05) is 32.5 Å². The molecule has 6 rings (SSSR count). The van der Waals surface area contributed by atoms with Crippen LogP contribution in [0.4, 0.5) is 23.9 Å². The number of sulfonamides is 1. The van der Waals surface area contributed by atoms with E-state index >= 15 is 0 Å². The Labute approximate surface area is 347 Å². The average Bonchev–Trinajstić information content (AvgIpc) is 4.04. The van der Waals surface area contributed by atoms with Crippen LogP contribution in [0.15, 0.2) is 30.4 Å². The van der Waals surface area contributed by atoms with E-state index in [4.69, 9.17) is 14.2 Å². The molecule has 7 atom stereocenters. The molecule has 60 heavy (non-hydrogen) atoms. The summed E-state index contributed by atoms with van der Waals surface area (Å²) in [6.45, 7) is 6.29. The van der Waals surface area contributed by atoms with Crippen molar-refractivity contribution in [3.8, 4) is 11.6 Å². The first-order chi connectivity index (χ1) is 27.9. The van der Waals surface area contributed by atoms with Crippen LogP contribution in [-0.2, 0) is 29.1 Å². The molecule has 0 radical (unpaired) electrons. The minimum Gasteiger partial charge on any atom is -0.497 e. The molecule has 0 unspecified atom stereocenters. The summed E-state index contributed by atoms with van der Waals surface area (Å²) >= 11 is 0. The number of aromatic nitrogens is 2. The molecule has 3 N–H and O–H groups in total. The number of methoxy groups -OCH3 is 1. The lowest BCUT2D eigenvalue weighted by Crippen LogP contribution is -2.59. The molecule has 16 nitrogen and oxygen atoms in total. The second-order valence-electron chi connectivity index (χ2n) is 17.6. The zero-order chi connectivity index (χ0) is 44.2. The third kappa shape index (κ3) is 9.07. The van der Waals surface area contributed by atoms with Crippen LogP contribution in [0.3, 0.4) is 0 Å². The minimum atomic E-state index is -4.92. The molecule has 1 aromatic carbocycles. The van der Waals surface area contributed by atoms with E-state index in [9.17, 15) is 40.8 Å². The summed E-state index contributed by atoms with van der Waals surface area (Å²) in [4.78, 5) is 68.6. The van der Waals surface area contributed by atoms with E-state index in [1.54, 1.807) is 50.2 Å². The molecular weight excluding hydrogens is 812 g/mol. The number of alkyl halides is 3. The van der Waals surface area contributed by atoms with Gasteiger partial charge in [0.05, 0.1) is 29.3 Å². The summed E-state index contributed by atoms with van der Waals surface area (Å²) in [5.41, 5.74) is -4.08. The Morgan fingerprint density at radius 3 is 2.42 bits per heavy atom. The third-order valence-corrected chi connectivity index (χ3v) is 14.2. The van der Waals surface area contributed by atoms with Crippen molar-refractivity contribution in [1.29, 1.82) is 0 Å². The van der Waals surface area contributed by atoms with Gasteiger partial charge in [0.15, 0.2) is 0 Å². The molecule has 3 fully saturated rings. The van der Waals surface area contributed by atoms with Crippen LogP contribution in [-0.4, -0.2) is 115 Å². The standard InChI is InChI=1S/C40H54F3N7O9S/c1-22-11-9-10-12-24-20-39(24,34(53)48-60(55,56)38(5)15-16-38)47-31(51)29-19-26(58-32-27-14-13-25(57-8)18-28(27)44-35(46-32)49(6)7)21-50(29)33(52)30(23(2)17-22)45-36(54)59-37(3,4)40(41,42)43/h10,12-14,18,22-24,26,29-30H,9,11,15-17,19-21H2,1-8H3,(H,45,54)(H,47,51)(H,48,53)/b12-10-/t22-,23+,24+,26+,29-,30-,39+/m0/s1. The molecule has 2 aliphatic heterocycles. The Balaban J connectivity index is 1.38. The fourth-order valence-corrected chi connectivity index (χ4v) is 9.00. The lowest BCUT2D eigenvalue weighted by molar-refractivity contribution is -0.244. The van der Waals surface area contributed by atoms with Gasteiger partial charge in [0.25, 0.3) is 5.91 Å². The van der Waals surface area contributed by atoms with E-state index in [2.05, 4.69) is 25.3 Å². The number of fused-ring (bicyclic) bond motifs is 3. The molecule has 2 saturated carbocycles. The van der Waals surface area contributed by atoms with Crippen molar-refractivity contribution in [1.82, 2.24) is 30.2 Å². The maximum atomic E-state index is 14.8. The van der Waals surface area contributed by atoms with E-state index < -0.39 is 85.9 Å². The number of alkyl carbamates (subject to hydrolysis) is 1. The van der Waals surface area contributed by atoms with Gasteiger partial charge in [0.1, 0.15) is 29.5 Å². The van der Waals surface area contributed by atoms with Crippen LogP contribution in [0.1, 0.15) is 79.6 Å². The maximum Gasteiger partial charge on any atom is 0.427 e. The summed E-state index contributed by atoms with van der Waals surface area (Å²) in [6, 6.07) is 2.28. The van der Waals surface area contributed by atoms with E-state index in [0.29, 0.717) is 62.6 Å². The lowest BCUT2D eigenvalue weighted by Gasteiger charge is -2.34. The Morgan fingerprint density at radius 1 is 1.08 bits per heavy atom. The number of anilines is 1. The predicted molar refractivity (Wildman–Crippen MR) is 213 cm³/mol. The minimum absolute atomic E-state index is 0.0491. The van der Waals surface area contributed by atoms with Crippen molar-refractivity contribution in [2.24, 2.45) is 17.8 Å². The molecule has 2 aliphatic carbocycles. The third-order valence-electron chi connectivity index (χ3n) is 12.1. The summed E-state index contributed by atoms with van der Waals surface area (Å²) in [5.74, 6) is -2.82. The highest BCUT2D eigenvalue weighted by molar-refractivity contribution is 7.91. The number of halogens is 3. The number of hydrogen-bond acceptors (Lipinski definition) is 12. The van der Waals surface area contributed by atoms with Crippen molar-refractivity contribution in [3.05, 3.63) is 30.4 Å². The Bertz CT molecular complexity index is 2160. The number of amides is 4. The number of ether oxygens (including phenoxy) is 3. The summed E-state index contributed by atoms with van der Waals surface area (Å²) in [7, 11) is 0.887. The van der Waals surface area contributed by atoms with Gasteiger partial charge < -0.3 is 34.6 Å². The molecule has 3 heterocycles. The molecule has 4 aliphatic rings. The van der Waals surface area contributed by atoms with Crippen molar-refractivity contribution in [2.75, 3.05) is 32.6 Å². The van der Waals surface area contributed by atoms with Crippen molar-refractivity contribution in [2.45, 2.75) is 120 Å². The topological polar surface area (TPSA) is 198 Å². The van der Waals surface area contributed by atoms with Gasteiger partial charge in [-0.05, 0) is 83.3 Å². The van der Waals surface area contributed by atoms with E-state index in [-0.39, 0.29) is 37.1 Å². The molecule has 2 aromatic rings. The molecule has 0 spiro atoms. The van der Waals surface area contributed by atoms with Crippen molar-refractivity contribution in [3.63, 3.8) is 0 Å². The SMILES string of the molecule is COc1ccc2c(O[C@@H]3C[C@H]4C(=O)N[C@]5(C(=O)NS(=O)(=O)C6(C)CC6)C[C@H]5/C=C\CC[C@H](C)C[C@@H](C)[C@H](NC(=O)OC(C)(C)C(F)(F)F)C(=O)N4C3)nc(N(C)C)nc2c1. The second-order valence-corrected chi connectivity index (χ2v) is 19.8. The van der Waals surface area contributed by atoms with E-state index in [1.807, 2.05) is 13.0 Å². The lowest BCUT2D eigenvalue weighted by atomic mass is 9.88. The van der Waals surface area contributed by atoms with E-state index in [1.165, 1.54) is 18.9 Å². The number of hydrogen-bond donors (Lipinski definition) is 3. The summed E-state index contributed by atoms with van der Waals surface area (Å²) in [6.07, 6.45) is -1.49. The van der Waals surface area contributed by atoms with Crippen LogP contribution in [0.2, 0.25) is 0 Å². The fourth-order valence-electron chi connectivity index (χ4n) is 7.69. The number of carbonyl (C=O) groups is 4. The zero-order valence-electron chi connectivity index (χ0n) is 35.0. The first-order valence-corrected chi connectivity index (χ1v) is 21.5. The molecule has 330 valence electrons. The van der Waals surface area contributed by atoms with Gasteiger partial charge in [-0.2, -0.15) is 18.2 Å². The van der Waals surface area contributed by atoms with E-state index in [0.717, 1.165) is 0 Å². The number of nitrogens with zero attached hydrogens (tertiary/aromatic N) is 4. The zero-order valence-corrected chi connectivity index (χ0v) is 35.8. The van der Waals surface area contributed by atoms with Crippen molar-refractivity contribution < 1.29 is 55.0 Å². The highest BCUT2D eigenvalue weighted by Gasteiger charge is 2.63. The monoisotopic (exact) mass is 865 g/mol. The van der Waals surface area contributed by atoms with Crippen LogP contribution >= 0.6 is 0 Å². The van der Waals surface area contributed by atoms with Gasteiger partial charge in [-0.25, -0.2) is 18.2 Å². The predicted octanol–water partition coefficient (Wildman–Crippen LogP) is 4.37. The highest BCUT2D eigenvalue weighted by atomic mass is 32.2. The first kappa shape index (κ1) is 44.7. The largest absolute Gasteiger partial charge is 0.497 e. The van der Waals surface area contributed by atoms with Gasteiger partial charge in [-0.1, -0.05) is 26.0 Å². The molecule has 20 heteroatoms. The van der Waals surface area contributed by atoms with Crippen LogP contribution in [0.5, 0.6) is 11.6 Å².